The van der Waals surface area contributed by atoms with E-state index in [0.29, 0.717) is 36.7 Å². The van der Waals surface area contributed by atoms with Gasteiger partial charge in [0.1, 0.15) is 11.6 Å². The molecule has 0 N–H and O–H groups in total. The van der Waals surface area contributed by atoms with Crippen molar-refractivity contribution < 1.29 is 12.8 Å². The van der Waals surface area contributed by atoms with Crippen LogP contribution < -0.4 is 4.90 Å². The van der Waals surface area contributed by atoms with E-state index >= 15 is 0 Å². The molecule has 0 bridgehead atoms. The smallest absolute Gasteiger partial charge is 0.211 e. The van der Waals surface area contributed by atoms with Crippen LogP contribution in [0.4, 0.5) is 10.2 Å². The van der Waals surface area contributed by atoms with Crippen molar-refractivity contribution in [3.05, 3.63) is 42.2 Å². The molecule has 2 aromatic heterocycles. The van der Waals surface area contributed by atoms with E-state index in [4.69, 9.17) is 0 Å². The first kappa shape index (κ1) is 19.7. The predicted molar refractivity (Wildman–Crippen MR) is 109 cm³/mol. The van der Waals surface area contributed by atoms with Crippen LogP contribution in [0.2, 0.25) is 0 Å². The number of sulfonamides is 1. The molecule has 0 spiro atoms. The Morgan fingerprint density at radius 2 is 1.86 bits per heavy atom. The molecule has 154 valence electrons. The van der Waals surface area contributed by atoms with Crippen molar-refractivity contribution in [3.8, 4) is 11.4 Å². The van der Waals surface area contributed by atoms with Gasteiger partial charge in [-0.15, -0.1) is 15.3 Å². The summed E-state index contributed by atoms with van der Waals surface area (Å²) in [6.07, 6.45) is 2.71. The zero-order valence-electron chi connectivity index (χ0n) is 16.4. The normalized spacial score (nSPS) is 16.1. The molecule has 1 fully saturated rings. The number of nitrogens with zero attached hydrogens (tertiary/aromatic N) is 6. The maximum Gasteiger partial charge on any atom is 0.211 e. The van der Waals surface area contributed by atoms with E-state index in [1.807, 2.05) is 13.0 Å². The zero-order chi connectivity index (χ0) is 20.6. The third-order valence-corrected chi connectivity index (χ3v) is 6.71. The number of hydrogen-bond donors (Lipinski definition) is 0. The third-order valence-electron chi connectivity index (χ3n) is 5.30. The van der Waals surface area contributed by atoms with E-state index in [1.54, 1.807) is 33.1 Å². The average Bonchev–Trinajstić information content (AvgIpc) is 3.11. The van der Waals surface area contributed by atoms with E-state index in [9.17, 15) is 12.8 Å². The summed E-state index contributed by atoms with van der Waals surface area (Å²) in [5.41, 5.74) is 0.881. The van der Waals surface area contributed by atoms with Gasteiger partial charge in [-0.2, -0.15) is 8.82 Å². The summed E-state index contributed by atoms with van der Waals surface area (Å²) < 4.78 is 41.3. The van der Waals surface area contributed by atoms with Gasteiger partial charge in [-0.25, -0.2) is 12.8 Å². The molecule has 1 aliphatic rings. The minimum atomic E-state index is -3.22. The Hall–Kier alpha value is -2.59. The lowest BCUT2D eigenvalue weighted by Crippen LogP contribution is -2.47. The van der Waals surface area contributed by atoms with E-state index in [0.717, 1.165) is 18.7 Å². The number of fused-ring (bicyclic) bond motifs is 1. The van der Waals surface area contributed by atoms with Gasteiger partial charge in [0.2, 0.25) is 10.0 Å². The minimum Gasteiger partial charge on any atom is -0.355 e. The second-order valence-electron chi connectivity index (χ2n) is 7.15. The molecule has 4 rings (SSSR count). The lowest BCUT2D eigenvalue weighted by Gasteiger charge is -2.37. The van der Waals surface area contributed by atoms with Crippen molar-refractivity contribution in [2.45, 2.75) is 25.8 Å². The molecule has 0 amide bonds. The summed E-state index contributed by atoms with van der Waals surface area (Å²) in [6.45, 7) is 3.71. The van der Waals surface area contributed by atoms with Crippen LogP contribution in [0.5, 0.6) is 0 Å². The highest BCUT2D eigenvalue weighted by molar-refractivity contribution is 7.88. The van der Waals surface area contributed by atoms with Crippen LogP contribution in [0.15, 0.2) is 36.4 Å². The predicted octanol–water partition coefficient (Wildman–Crippen LogP) is 2.18. The number of halogens is 1. The zero-order valence-corrected chi connectivity index (χ0v) is 17.2. The summed E-state index contributed by atoms with van der Waals surface area (Å²) in [5, 5.41) is 12.8. The fourth-order valence-electron chi connectivity index (χ4n) is 3.90. The van der Waals surface area contributed by atoms with Crippen LogP contribution in [-0.4, -0.2) is 64.5 Å². The number of rotatable bonds is 5. The highest BCUT2D eigenvalue weighted by Gasteiger charge is 2.29. The molecule has 29 heavy (non-hydrogen) atoms. The molecule has 10 heteroatoms. The summed E-state index contributed by atoms with van der Waals surface area (Å²) in [5.74, 6) is 0.704. The standard InChI is InChI=1S/C19H23FN6O2S/c1-3-25(29(2,27)28)14-10-12-24(13-11-14)18-9-8-17-21-22-19(26(17)23-18)15-6-4-5-7-16(15)20/h4-9,14H,3,10-13H2,1-2H3. The first-order valence-electron chi connectivity index (χ1n) is 9.57. The van der Waals surface area contributed by atoms with Crippen molar-refractivity contribution >= 4 is 21.5 Å². The number of anilines is 1. The van der Waals surface area contributed by atoms with Crippen molar-refractivity contribution in [3.63, 3.8) is 0 Å². The highest BCUT2D eigenvalue weighted by atomic mass is 32.2. The van der Waals surface area contributed by atoms with Crippen LogP contribution in [0.3, 0.4) is 0 Å². The molecule has 1 aliphatic heterocycles. The Morgan fingerprint density at radius 1 is 1.14 bits per heavy atom. The fraction of sp³-hybridized carbons (Fsp3) is 0.421. The van der Waals surface area contributed by atoms with E-state index in [1.165, 1.54) is 12.3 Å². The molecule has 0 saturated carbocycles. The second kappa shape index (κ2) is 7.68. The van der Waals surface area contributed by atoms with Crippen molar-refractivity contribution in [2.24, 2.45) is 0 Å². The topological polar surface area (TPSA) is 83.7 Å². The maximum atomic E-state index is 14.2. The Kier molecular flexibility index (Phi) is 5.22. The first-order valence-corrected chi connectivity index (χ1v) is 11.4. The van der Waals surface area contributed by atoms with Gasteiger partial charge in [-0.05, 0) is 37.1 Å². The molecule has 0 radical (unpaired) electrons. The molecule has 0 aliphatic carbocycles. The molecule has 0 unspecified atom stereocenters. The van der Waals surface area contributed by atoms with Crippen LogP contribution in [-0.2, 0) is 10.0 Å². The second-order valence-corrected chi connectivity index (χ2v) is 9.08. The summed E-state index contributed by atoms with van der Waals surface area (Å²) in [4.78, 5) is 2.11. The average molecular weight is 418 g/mol. The number of hydrogen-bond acceptors (Lipinski definition) is 6. The van der Waals surface area contributed by atoms with Gasteiger partial charge in [-0.1, -0.05) is 19.1 Å². The van der Waals surface area contributed by atoms with Crippen LogP contribution >= 0.6 is 0 Å². The molecular formula is C19H23FN6O2S. The molecule has 3 aromatic rings. The molecule has 1 saturated heterocycles. The van der Waals surface area contributed by atoms with Crippen LogP contribution in [0.25, 0.3) is 17.0 Å². The lowest BCUT2D eigenvalue weighted by molar-refractivity contribution is 0.285. The quantitative estimate of drug-likeness (QED) is 0.632. The van der Waals surface area contributed by atoms with Gasteiger partial charge in [0.15, 0.2) is 11.5 Å². The Balaban J connectivity index is 1.58. The van der Waals surface area contributed by atoms with Gasteiger partial charge in [0.25, 0.3) is 0 Å². The van der Waals surface area contributed by atoms with Gasteiger partial charge in [0.05, 0.1) is 11.8 Å². The van der Waals surface area contributed by atoms with Crippen molar-refractivity contribution in [2.75, 3.05) is 30.8 Å². The van der Waals surface area contributed by atoms with Crippen LogP contribution in [0, 0.1) is 5.82 Å². The van der Waals surface area contributed by atoms with Crippen LogP contribution in [0.1, 0.15) is 19.8 Å². The summed E-state index contributed by atoms with van der Waals surface area (Å²) in [7, 11) is -3.22. The highest BCUT2D eigenvalue weighted by Crippen LogP contribution is 2.25. The number of aromatic nitrogens is 4. The Bertz CT molecular complexity index is 1120. The fourth-order valence-corrected chi connectivity index (χ4v) is 5.13. The van der Waals surface area contributed by atoms with Gasteiger partial charge < -0.3 is 4.90 Å². The first-order chi connectivity index (χ1) is 13.9. The van der Waals surface area contributed by atoms with Crippen molar-refractivity contribution in [1.82, 2.24) is 24.1 Å². The van der Waals surface area contributed by atoms with E-state index < -0.39 is 10.0 Å². The molecule has 0 atom stereocenters. The largest absolute Gasteiger partial charge is 0.355 e. The minimum absolute atomic E-state index is 0.00105. The number of benzene rings is 1. The molecule has 8 nitrogen and oxygen atoms in total. The Labute approximate surface area is 169 Å². The summed E-state index contributed by atoms with van der Waals surface area (Å²) in [6, 6.07) is 10.1. The lowest BCUT2D eigenvalue weighted by atomic mass is 10.1. The number of piperidine rings is 1. The van der Waals surface area contributed by atoms with E-state index in [2.05, 4.69) is 20.2 Å². The molecule has 1 aromatic carbocycles. The van der Waals surface area contributed by atoms with Gasteiger partial charge in [-0.3, -0.25) is 0 Å². The van der Waals surface area contributed by atoms with Crippen molar-refractivity contribution in [1.29, 1.82) is 0 Å². The monoisotopic (exact) mass is 418 g/mol. The molecule has 3 heterocycles. The summed E-state index contributed by atoms with van der Waals surface area (Å²) >= 11 is 0. The Morgan fingerprint density at radius 3 is 2.52 bits per heavy atom. The maximum absolute atomic E-state index is 14.2. The van der Waals surface area contributed by atoms with Gasteiger partial charge in [0, 0.05) is 25.7 Å². The van der Waals surface area contributed by atoms with Gasteiger partial charge >= 0.3 is 0 Å². The molecular weight excluding hydrogens is 395 g/mol. The third kappa shape index (κ3) is 3.82. The SMILES string of the molecule is CCN(C1CCN(c2ccc3nnc(-c4ccccc4F)n3n2)CC1)S(C)(=O)=O. The van der Waals surface area contributed by atoms with E-state index in [-0.39, 0.29) is 11.9 Å².